The molecule has 2 aliphatic rings. The summed E-state index contributed by atoms with van der Waals surface area (Å²) < 4.78 is 35.8. The molecular formula is C20H32N6O5. The number of carbonyl (C=O) groups excluding carboxylic acids is 3. The van der Waals surface area contributed by atoms with Crippen LogP contribution < -0.4 is 10.6 Å². The number of H-pyrrole nitrogens is 1. The van der Waals surface area contributed by atoms with Crippen LogP contribution in [0.5, 0.6) is 0 Å². The largest absolute Gasteiger partial charge is 0.464 e. The second-order valence-electron chi connectivity index (χ2n) is 7.97. The summed E-state index contributed by atoms with van der Waals surface area (Å²) in [4.78, 5) is 36.3. The van der Waals surface area contributed by atoms with E-state index in [1.807, 2.05) is 0 Å². The van der Waals surface area contributed by atoms with Crippen LogP contribution >= 0.6 is 0 Å². The third-order valence-electron chi connectivity index (χ3n) is 5.71. The number of rotatable bonds is 9. The summed E-state index contributed by atoms with van der Waals surface area (Å²) in [5, 5.41) is 18.8. The molecule has 1 aromatic rings. The number of aromatic amines is 1. The number of amides is 1. The highest BCUT2D eigenvalue weighted by Crippen LogP contribution is 2.40. The molecule has 1 aliphatic heterocycles. The van der Waals surface area contributed by atoms with Gasteiger partial charge in [-0.2, -0.15) is 5.21 Å². The predicted molar refractivity (Wildman–Crippen MR) is 108 cm³/mol. The van der Waals surface area contributed by atoms with Crippen molar-refractivity contribution < 1.29 is 28.0 Å². The first kappa shape index (κ1) is 19.1. The molecule has 1 saturated heterocycles. The van der Waals surface area contributed by atoms with Gasteiger partial charge in [0.15, 0.2) is 11.9 Å². The lowest BCUT2D eigenvalue weighted by Gasteiger charge is -2.42. The van der Waals surface area contributed by atoms with Crippen molar-refractivity contribution in [3.05, 3.63) is 5.82 Å². The van der Waals surface area contributed by atoms with Crippen LogP contribution in [-0.4, -0.2) is 70.2 Å². The van der Waals surface area contributed by atoms with Gasteiger partial charge in [-0.05, 0) is 56.9 Å². The normalized spacial score (nSPS) is 31.8. The summed E-state index contributed by atoms with van der Waals surface area (Å²) in [5.41, 5.74) is 0. The summed E-state index contributed by atoms with van der Waals surface area (Å²) in [6, 6.07) is -3.22. The number of ether oxygens (including phenoxy) is 2. The summed E-state index contributed by atoms with van der Waals surface area (Å²) in [6.45, 7) is 0.474. The maximum absolute atomic E-state index is 12.9. The van der Waals surface area contributed by atoms with Gasteiger partial charge in [-0.15, -0.1) is 10.2 Å². The minimum absolute atomic E-state index is 0.0823. The molecule has 1 amide bonds. The number of hydrogen-bond donors (Lipinski definition) is 3. The molecule has 11 heteroatoms. The Morgan fingerprint density at radius 2 is 2.13 bits per heavy atom. The Kier molecular flexibility index (Phi) is 6.90. The fraction of sp³-hybridized carbons (Fsp3) is 0.800. The molecule has 0 bridgehead atoms. The molecule has 0 aromatic carbocycles. The Hall–Kier alpha value is -2.56. The highest BCUT2D eigenvalue weighted by atomic mass is 16.6. The number of nitrogens with zero attached hydrogens (tertiary/aromatic N) is 3. The third kappa shape index (κ3) is 6.71. The Balaban J connectivity index is 1.63. The number of piperidine rings is 1. The molecule has 3 rings (SSSR count). The van der Waals surface area contributed by atoms with Crippen molar-refractivity contribution >= 4 is 17.8 Å². The second kappa shape index (κ2) is 11.2. The van der Waals surface area contributed by atoms with Gasteiger partial charge in [0, 0.05) is 16.1 Å². The van der Waals surface area contributed by atoms with Gasteiger partial charge in [0.2, 0.25) is 5.91 Å². The summed E-state index contributed by atoms with van der Waals surface area (Å²) in [6.07, 6.45) is 3.70. The molecule has 0 unspecified atom stereocenters. The van der Waals surface area contributed by atoms with Crippen LogP contribution in [-0.2, 0) is 30.3 Å². The number of aryl methyl sites for hydroxylation is 1. The monoisotopic (exact) mass is 439 g/mol. The van der Waals surface area contributed by atoms with Gasteiger partial charge in [0.1, 0.15) is 12.6 Å². The molecule has 31 heavy (non-hydrogen) atoms. The maximum atomic E-state index is 12.9. The van der Waals surface area contributed by atoms with Gasteiger partial charge in [0.05, 0.1) is 7.98 Å². The molecule has 5 atom stereocenters. The van der Waals surface area contributed by atoms with Crippen LogP contribution in [0, 0.1) is 17.8 Å². The van der Waals surface area contributed by atoms with Gasteiger partial charge in [-0.25, -0.2) is 4.79 Å². The molecule has 11 nitrogen and oxygen atoms in total. The van der Waals surface area contributed by atoms with Crippen LogP contribution in [0.1, 0.15) is 55.9 Å². The zero-order valence-electron chi connectivity index (χ0n) is 20.8. The SMILES string of the molecule is [2H]C1([2H])N[C@]([2H])(C(=O)OC[C@H](NC(C)=O)C(=O)OCC)C[C@H]2C[C@@H](CCc3nn[nH]n3)CC[C@H]21. The van der Waals surface area contributed by atoms with Crippen molar-refractivity contribution in [2.45, 2.75) is 64.4 Å². The molecule has 0 spiro atoms. The van der Waals surface area contributed by atoms with Crippen molar-refractivity contribution in [3.8, 4) is 0 Å². The number of aromatic nitrogens is 4. The van der Waals surface area contributed by atoms with E-state index >= 15 is 0 Å². The van der Waals surface area contributed by atoms with E-state index in [0.717, 1.165) is 12.8 Å². The first-order valence-electron chi connectivity index (χ1n) is 12.2. The van der Waals surface area contributed by atoms with Crippen molar-refractivity contribution in [1.82, 2.24) is 31.3 Å². The van der Waals surface area contributed by atoms with Crippen LogP contribution in [0.3, 0.4) is 0 Å². The molecule has 1 aliphatic carbocycles. The van der Waals surface area contributed by atoms with Crippen LogP contribution in [0.15, 0.2) is 0 Å². The van der Waals surface area contributed by atoms with E-state index in [2.05, 4.69) is 31.3 Å². The highest BCUT2D eigenvalue weighted by molar-refractivity contribution is 5.84. The standard InChI is InChI=1S/C20H32N6O5/c1-3-30-20(29)17(22-12(2)27)11-31-19(28)16-9-15-8-13(4-6-14(15)10-21-16)5-7-18-23-25-26-24-18/h13-17,21H,3-11H2,1-2H3,(H,22,27)(H,23,24,25,26)/t13-,14+,15-,16+,17+/m1/s1/i10D2,16D. The average Bonchev–Trinajstić information content (AvgIpc) is 3.27. The Morgan fingerprint density at radius 3 is 2.84 bits per heavy atom. The fourth-order valence-corrected chi connectivity index (χ4v) is 4.19. The Labute approximate surface area is 185 Å². The number of carbonyl (C=O) groups is 3. The van der Waals surface area contributed by atoms with Crippen molar-refractivity contribution in [2.24, 2.45) is 17.8 Å². The summed E-state index contributed by atoms with van der Waals surface area (Å²) >= 11 is 0. The van der Waals surface area contributed by atoms with Gasteiger partial charge in [-0.3, -0.25) is 9.59 Å². The van der Waals surface area contributed by atoms with Crippen LogP contribution in [0.4, 0.5) is 0 Å². The van der Waals surface area contributed by atoms with Gasteiger partial charge >= 0.3 is 11.9 Å². The second-order valence-corrected chi connectivity index (χ2v) is 7.97. The van der Waals surface area contributed by atoms with Crippen molar-refractivity contribution in [3.63, 3.8) is 0 Å². The highest BCUT2D eigenvalue weighted by Gasteiger charge is 2.38. The van der Waals surface area contributed by atoms with E-state index in [9.17, 15) is 14.4 Å². The van der Waals surface area contributed by atoms with E-state index in [0.29, 0.717) is 31.0 Å². The fourth-order valence-electron chi connectivity index (χ4n) is 4.19. The van der Waals surface area contributed by atoms with E-state index in [4.69, 9.17) is 13.6 Å². The zero-order valence-corrected chi connectivity index (χ0v) is 17.8. The number of tetrazole rings is 1. The lowest BCUT2D eigenvalue weighted by molar-refractivity contribution is -0.155. The quantitative estimate of drug-likeness (QED) is 0.457. The first-order chi connectivity index (χ1) is 16.0. The van der Waals surface area contributed by atoms with E-state index in [1.165, 1.54) is 6.92 Å². The minimum atomic E-state index is -2.02. The summed E-state index contributed by atoms with van der Waals surface area (Å²) in [5.74, 6) is -1.86. The molecule has 172 valence electrons. The van der Waals surface area contributed by atoms with Crippen LogP contribution in [0.25, 0.3) is 0 Å². The predicted octanol–water partition coefficient (Wildman–Crippen LogP) is 0.138. The Bertz CT molecular complexity index is 873. The number of hydrogen-bond acceptors (Lipinski definition) is 9. The molecule has 2 heterocycles. The Morgan fingerprint density at radius 1 is 1.29 bits per heavy atom. The summed E-state index contributed by atoms with van der Waals surface area (Å²) in [7, 11) is 0. The van der Waals surface area contributed by atoms with Gasteiger partial charge < -0.3 is 20.1 Å². The van der Waals surface area contributed by atoms with E-state index < -0.39 is 43.0 Å². The zero-order chi connectivity index (χ0) is 24.9. The topological polar surface area (TPSA) is 148 Å². The maximum Gasteiger partial charge on any atom is 0.332 e. The number of nitrogens with one attached hydrogen (secondary N) is 3. The molecule has 3 N–H and O–H groups in total. The number of fused-ring (bicyclic) bond motifs is 1. The molecule has 1 aromatic heterocycles. The first-order valence-corrected chi connectivity index (χ1v) is 10.7. The van der Waals surface area contributed by atoms with Gasteiger partial charge in [-0.1, -0.05) is 11.6 Å². The average molecular weight is 440 g/mol. The number of esters is 2. The van der Waals surface area contributed by atoms with Crippen molar-refractivity contribution in [2.75, 3.05) is 19.7 Å². The minimum Gasteiger partial charge on any atom is -0.464 e. The van der Waals surface area contributed by atoms with Crippen molar-refractivity contribution in [1.29, 1.82) is 0 Å². The van der Waals surface area contributed by atoms with E-state index in [1.54, 1.807) is 6.92 Å². The lowest BCUT2D eigenvalue weighted by atomic mass is 9.69. The molecule has 1 saturated carbocycles. The van der Waals surface area contributed by atoms with E-state index in [-0.39, 0.29) is 24.9 Å². The smallest absolute Gasteiger partial charge is 0.332 e. The lowest BCUT2D eigenvalue weighted by Crippen LogP contribution is -2.51. The van der Waals surface area contributed by atoms with Crippen LogP contribution in [0.2, 0.25) is 0 Å². The molecule has 2 fully saturated rings. The molecular weight excluding hydrogens is 404 g/mol. The molecule has 0 radical (unpaired) electrons. The third-order valence-corrected chi connectivity index (χ3v) is 5.71. The van der Waals surface area contributed by atoms with Gasteiger partial charge in [0.25, 0.3) is 0 Å².